The zero-order valence-corrected chi connectivity index (χ0v) is 21.5. The number of amides is 2. The molecule has 2 aromatic carbocycles. The number of aromatic amines is 2. The van der Waals surface area contributed by atoms with E-state index in [4.69, 9.17) is 0 Å². The Kier molecular flexibility index (Phi) is 6.19. The van der Waals surface area contributed by atoms with Gasteiger partial charge in [0.15, 0.2) is 0 Å². The molecule has 0 spiro atoms. The van der Waals surface area contributed by atoms with E-state index in [-0.39, 0.29) is 18.5 Å². The number of carbonyl (C=O) groups is 2. The third kappa shape index (κ3) is 4.44. The summed E-state index contributed by atoms with van der Waals surface area (Å²) >= 11 is 0. The minimum absolute atomic E-state index is 0.0912. The quantitative estimate of drug-likeness (QED) is 0.364. The van der Waals surface area contributed by atoms with Gasteiger partial charge < -0.3 is 24.9 Å². The van der Waals surface area contributed by atoms with Crippen molar-refractivity contribution in [2.45, 2.75) is 38.6 Å². The number of aryl methyl sites for hydroxylation is 3. The fourth-order valence-corrected chi connectivity index (χ4v) is 5.62. The van der Waals surface area contributed by atoms with E-state index in [1.54, 1.807) is 4.90 Å². The highest BCUT2D eigenvalue weighted by molar-refractivity contribution is 5.83. The Bertz CT molecular complexity index is 1520. The first kappa shape index (κ1) is 24.0. The number of imidazole rings is 2. The smallest absolute Gasteiger partial charge is 0.407 e. The molecular formula is C29H30N6O3. The molecule has 0 unspecified atom stereocenters. The van der Waals surface area contributed by atoms with E-state index in [1.807, 2.05) is 19.3 Å². The lowest BCUT2D eigenvalue weighted by atomic mass is 9.83. The van der Waals surface area contributed by atoms with Crippen LogP contribution in [0.4, 0.5) is 4.79 Å². The maximum atomic E-state index is 12.7. The van der Waals surface area contributed by atoms with Crippen molar-refractivity contribution in [2.75, 3.05) is 20.2 Å². The predicted octanol–water partition coefficient (Wildman–Crippen LogP) is 4.56. The van der Waals surface area contributed by atoms with E-state index < -0.39 is 6.09 Å². The van der Waals surface area contributed by atoms with Crippen molar-refractivity contribution >= 4 is 12.0 Å². The van der Waals surface area contributed by atoms with E-state index in [0.29, 0.717) is 6.54 Å². The van der Waals surface area contributed by atoms with Gasteiger partial charge in [-0.3, -0.25) is 4.79 Å². The Balaban J connectivity index is 1.21. The van der Waals surface area contributed by atoms with Gasteiger partial charge >= 0.3 is 6.09 Å². The van der Waals surface area contributed by atoms with Crippen LogP contribution in [0.15, 0.2) is 48.8 Å². The van der Waals surface area contributed by atoms with Gasteiger partial charge in [0, 0.05) is 6.54 Å². The van der Waals surface area contributed by atoms with Crippen LogP contribution >= 0.6 is 0 Å². The summed E-state index contributed by atoms with van der Waals surface area (Å²) in [4.78, 5) is 41.6. The molecule has 9 heteroatoms. The highest BCUT2D eigenvalue weighted by atomic mass is 16.5. The van der Waals surface area contributed by atoms with Crippen molar-refractivity contribution in [3.05, 3.63) is 71.6 Å². The number of H-pyrrole nitrogens is 2. The molecule has 38 heavy (non-hydrogen) atoms. The Hall–Kier alpha value is -4.40. The molecule has 3 heterocycles. The molecule has 2 amide bonds. The highest BCUT2D eigenvalue weighted by Gasteiger charge is 2.32. The standard InChI is InChI=1S/C29H30N6O3/c1-17-30-14-24(33-17)20-7-9-22-18(12-20)5-6-19-13-21(8-10-23(19)22)25-15-31-28(34-25)26-4-3-11-35(26)27(36)16-32-29(37)38-2/h7-10,12-15,26H,3-6,11,16H2,1-2H3,(H,30,33)(H,31,34)(H,32,37)/t26-/m0/s1. The lowest BCUT2D eigenvalue weighted by Gasteiger charge is -2.23. The van der Waals surface area contributed by atoms with E-state index >= 15 is 0 Å². The van der Waals surface area contributed by atoms with Gasteiger partial charge in [-0.1, -0.05) is 24.3 Å². The Labute approximate surface area is 220 Å². The van der Waals surface area contributed by atoms with Crippen LogP contribution in [0, 0.1) is 6.92 Å². The number of alkyl carbamates (subject to hydrolysis) is 1. The fourth-order valence-electron chi connectivity index (χ4n) is 5.62. The second-order valence-corrected chi connectivity index (χ2v) is 9.90. The van der Waals surface area contributed by atoms with Crippen LogP contribution in [0.3, 0.4) is 0 Å². The number of benzene rings is 2. The Morgan fingerprint density at radius 1 is 1.00 bits per heavy atom. The first-order chi connectivity index (χ1) is 18.5. The average Bonchev–Trinajstić information content (AvgIpc) is 3.71. The number of nitrogens with zero attached hydrogens (tertiary/aromatic N) is 3. The van der Waals surface area contributed by atoms with Crippen molar-refractivity contribution < 1.29 is 14.3 Å². The maximum absolute atomic E-state index is 12.7. The monoisotopic (exact) mass is 510 g/mol. The number of nitrogens with one attached hydrogen (secondary N) is 3. The molecule has 194 valence electrons. The summed E-state index contributed by atoms with van der Waals surface area (Å²) < 4.78 is 4.57. The molecule has 0 saturated carbocycles. The normalized spacial score (nSPS) is 16.2. The van der Waals surface area contributed by atoms with Crippen LogP contribution in [-0.2, 0) is 22.4 Å². The van der Waals surface area contributed by atoms with Crippen molar-refractivity contribution in [3.63, 3.8) is 0 Å². The summed E-state index contributed by atoms with van der Waals surface area (Å²) in [5.74, 6) is 1.54. The molecular weight excluding hydrogens is 480 g/mol. The van der Waals surface area contributed by atoms with Gasteiger partial charge in [-0.25, -0.2) is 14.8 Å². The summed E-state index contributed by atoms with van der Waals surface area (Å²) in [5.41, 5.74) is 9.45. The number of methoxy groups -OCH3 is 1. The number of ether oxygens (including phenoxy) is 1. The number of aromatic nitrogens is 4. The first-order valence-electron chi connectivity index (χ1n) is 12.9. The summed E-state index contributed by atoms with van der Waals surface area (Å²) in [6.45, 7) is 2.52. The lowest BCUT2D eigenvalue weighted by molar-refractivity contribution is -0.131. The molecule has 1 aliphatic heterocycles. The zero-order chi connectivity index (χ0) is 26.2. The SMILES string of the molecule is COC(=O)NCC(=O)N1CCC[C@H]1c1ncc(-c2ccc3c(c2)CCc2cc(-c4cnc(C)[nH]4)ccc2-3)[nH]1. The molecule has 0 radical (unpaired) electrons. The molecule has 9 nitrogen and oxygen atoms in total. The number of likely N-dealkylation sites (tertiary alicyclic amines) is 1. The molecule has 6 rings (SSSR count). The average molecular weight is 511 g/mol. The van der Waals surface area contributed by atoms with E-state index in [1.165, 1.54) is 29.4 Å². The third-order valence-corrected chi connectivity index (χ3v) is 7.54. The molecule has 1 fully saturated rings. The molecule has 3 N–H and O–H groups in total. The van der Waals surface area contributed by atoms with Crippen LogP contribution in [0.2, 0.25) is 0 Å². The second kappa shape index (κ2) is 9.81. The molecule has 0 bridgehead atoms. The topological polar surface area (TPSA) is 116 Å². The summed E-state index contributed by atoms with van der Waals surface area (Å²) in [6.07, 6.45) is 6.81. The van der Waals surface area contributed by atoms with Crippen LogP contribution in [0.1, 0.15) is 41.7 Å². The fraction of sp³-hybridized carbons (Fsp3) is 0.310. The van der Waals surface area contributed by atoms with Crippen molar-refractivity contribution in [1.82, 2.24) is 30.2 Å². The lowest BCUT2D eigenvalue weighted by Crippen LogP contribution is -2.40. The largest absolute Gasteiger partial charge is 0.453 e. The molecule has 1 atom stereocenters. The second-order valence-electron chi connectivity index (χ2n) is 9.90. The first-order valence-corrected chi connectivity index (χ1v) is 12.9. The van der Waals surface area contributed by atoms with Crippen LogP contribution < -0.4 is 5.32 Å². The molecule has 2 aromatic heterocycles. The number of fused-ring (bicyclic) bond motifs is 3. The Morgan fingerprint density at radius 2 is 1.66 bits per heavy atom. The maximum Gasteiger partial charge on any atom is 0.407 e. The van der Waals surface area contributed by atoms with Crippen molar-refractivity contribution in [2.24, 2.45) is 0 Å². The third-order valence-electron chi connectivity index (χ3n) is 7.54. The van der Waals surface area contributed by atoms with Gasteiger partial charge in [0.05, 0.1) is 36.9 Å². The number of carbonyl (C=O) groups excluding carboxylic acids is 2. The number of hydrogen-bond acceptors (Lipinski definition) is 5. The number of hydrogen-bond donors (Lipinski definition) is 3. The van der Waals surface area contributed by atoms with Crippen LogP contribution in [-0.4, -0.2) is 57.0 Å². The highest BCUT2D eigenvalue weighted by Crippen LogP contribution is 2.38. The van der Waals surface area contributed by atoms with E-state index in [9.17, 15) is 9.59 Å². The zero-order valence-electron chi connectivity index (χ0n) is 21.5. The van der Waals surface area contributed by atoms with Crippen molar-refractivity contribution in [1.29, 1.82) is 0 Å². The van der Waals surface area contributed by atoms with Gasteiger partial charge in [0.2, 0.25) is 5.91 Å². The van der Waals surface area contributed by atoms with E-state index in [2.05, 4.69) is 66.4 Å². The minimum atomic E-state index is -0.613. The van der Waals surface area contributed by atoms with Crippen LogP contribution in [0.5, 0.6) is 0 Å². The van der Waals surface area contributed by atoms with Crippen LogP contribution in [0.25, 0.3) is 33.6 Å². The molecule has 1 saturated heterocycles. The number of rotatable bonds is 5. The summed E-state index contributed by atoms with van der Waals surface area (Å²) in [7, 11) is 1.28. The van der Waals surface area contributed by atoms with Gasteiger partial charge in [-0.2, -0.15) is 0 Å². The van der Waals surface area contributed by atoms with Gasteiger partial charge in [-0.05, 0) is 78.1 Å². The summed E-state index contributed by atoms with van der Waals surface area (Å²) in [6, 6.07) is 13.1. The predicted molar refractivity (Wildman–Crippen MR) is 143 cm³/mol. The minimum Gasteiger partial charge on any atom is -0.453 e. The van der Waals surface area contributed by atoms with Gasteiger partial charge in [0.25, 0.3) is 0 Å². The molecule has 1 aliphatic carbocycles. The van der Waals surface area contributed by atoms with Crippen molar-refractivity contribution in [3.8, 4) is 33.6 Å². The molecule has 2 aliphatic rings. The molecule has 4 aromatic rings. The van der Waals surface area contributed by atoms with E-state index in [0.717, 1.165) is 59.8 Å². The van der Waals surface area contributed by atoms with Gasteiger partial charge in [-0.15, -0.1) is 0 Å². The summed E-state index contributed by atoms with van der Waals surface area (Å²) in [5, 5.41) is 2.47. The Morgan fingerprint density at radius 3 is 2.29 bits per heavy atom. The van der Waals surface area contributed by atoms with Gasteiger partial charge in [0.1, 0.15) is 18.2 Å².